The van der Waals surface area contributed by atoms with Gasteiger partial charge in [0.15, 0.2) is 0 Å². The summed E-state index contributed by atoms with van der Waals surface area (Å²) in [4.78, 5) is 2.41. The number of sulfonamides is 1. The lowest BCUT2D eigenvalue weighted by molar-refractivity contribution is -0.0223. The van der Waals surface area contributed by atoms with Crippen molar-refractivity contribution in [1.82, 2.24) is 9.21 Å². The monoisotopic (exact) mass is 354 g/mol. The van der Waals surface area contributed by atoms with Gasteiger partial charge in [-0.15, -0.1) is 0 Å². The number of morpholine rings is 1. The van der Waals surface area contributed by atoms with Crippen molar-refractivity contribution in [3.8, 4) is 0 Å². The van der Waals surface area contributed by atoms with Gasteiger partial charge in [0, 0.05) is 38.1 Å². The first-order valence-electron chi connectivity index (χ1n) is 6.84. The molecule has 0 spiro atoms. The van der Waals surface area contributed by atoms with E-state index in [1.165, 1.54) is 6.26 Å². The SMILES string of the molecule is CS(=O)(=O)N1CCCC(CN2CCOC(CBr)C2)C1. The Kier molecular flexibility index (Phi) is 5.65. The van der Waals surface area contributed by atoms with Gasteiger partial charge in [-0.3, -0.25) is 4.90 Å². The summed E-state index contributed by atoms with van der Waals surface area (Å²) >= 11 is 3.46. The van der Waals surface area contributed by atoms with E-state index in [0.717, 1.165) is 44.4 Å². The molecule has 2 aliphatic rings. The lowest BCUT2D eigenvalue weighted by atomic mass is 9.99. The molecule has 2 rings (SSSR count). The van der Waals surface area contributed by atoms with Crippen molar-refractivity contribution >= 4 is 26.0 Å². The zero-order valence-corrected chi connectivity index (χ0v) is 13.8. The first kappa shape index (κ1) is 15.7. The molecule has 2 saturated heterocycles. The maximum Gasteiger partial charge on any atom is 0.211 e. The Morgan fingerprint density at radius 3 is 2.79 bits per heavy atom. The second-order valence-corrected chi connectivity index (χ2v) is 8.17. The number of hydrogen-bond acceptors (Lipinski definition) is 4. The minimum Gasteiger partial charge on any atom is -0.375 e. The quantitative estimate of drug-likeness (QED) is 0.699. The van der Waals surface area contributed by atoms with Crippen molar-refractivity contribution in [2.75, 3.05) is 50.9 Å². The molecule has 5 nitrogen and oxygen atoms in total. The number of ether oxygens (including phenoxy) is 1. The molecule has 0 amide bonds. The summed E-state index contributed by atoms with van der Waals surface area (Å²) in [5.74, 6) is 0.456. The summed E-state index contributed by atoms with van der Waals surface area (Å²) in [5, 5.41) is 0.865. The molecule has 112 valence electrons. The van der Waals surface area contributed by atoms with Crippen LogP contribution in [0.5, 0.6) is 0 Å². The second kappa shape index (κ2) is 6.85. The van der Waals surface area contributed by atoms with Gasteiger partial charge in [0.1, 0.15) is 0 Å². The molecule has 2 heterocycles. The molecule has 2 atom stereocenters. The standard InChI is InChI=1S/C12H23BrN2O3S/c1-19(16,17)15-4-2-3-11(9-15)8-14-5-6-18-12(7-13)10-14/h11-12H,2-10H2,1H3. The molecule has 0 aliphatic carbocycles. The minimum atomic E-state index is -3.03. The average molecular weight is 355 g/mol. The summed E-state index contributed by atoms with van der Waals surface area (Å²) < 4.78 is 30.5. The molecule has 0 aromatic rings. The molecule has 0 aromatic carbocycles. The van der Waals surface area contributed by atoms with E-state index in [0.29, 0.717) is 19.0 Å². The Morgan fingerprint density at radius 1 is 1.32 bits per heavy atom. The zero-order valence-electron chi connectivity index (χ0n) is 11.4. The smallest absolute Gasteiger partial charge is 0.211 e. The molecule has 7 heteroatoms. The normalized spacial score (nSPS) is 31.5. The molecular weight excluding hydrogens is 332 g/mol. The van der Waals surface area contributed by atoms with E-state index in [9.17, 15) is 8.42 Å². The summed E-state index contributed by atoms with van der Waals surface area (Å²) in [6.45, 7) is 5.02. The molecule has 0 bridgehead atoms. The number of alkyl halides is 1. The number of piperidine rings is 1. The van der Waals surface area contributed by atoms with E-state index < -0.39 is 10.0 Å². The van der Waals surface area contributed by atoms with Gasteiger partial charge in [0.25, 0.3) is 0 Å². The highest BCUT2D eigenvalue weighted by Crippen LogP contribution is 2.20. The molecule has 0 saturated carbocycles. The van der Waals surface area contributed by atoms with Crippen LogP contribution in [0.2, 0.25) is 0 Å². The fourth-order valence-corrected chi connectivity index (χ4v) is 4.22. The van der Waals surface area contributed by atoms with Crippen molar-refractivity contribution < 1.29 is 13.2 Å². The van der Waals surface area contributed by atoms with Crippen LogP contribution in [-0.4, -0.2) is 74.6 Å². The van der Waals surface area contributed by atoms with Gasteiger partial charge in [-0.2, -0.15) is 0 Å². The third-order valence-corrected chi connectivity index (χ3v) is 5.85. The van der Waals surface area contributed by atoms with Gasteiger partial charge < -0.3 is 4.74 Å². The van der Waals surface area contributed by atoms with E-state index in [1.807, 2.05) is 0 Å². The predicted octanol–water partition coefficient (Wildman–Crippen LogP) is 0.754. The molecular formula is C12H23BrN2O3S. The van der Waals surface area contributed by atoms with Crippen LogP contribution in [0.1, 0.15) is 12.8 Å². The van der Waals surface area contributed by atoms with Crippen molar-refractivity contribution in [2.24, 2.45) is 5.92 Å². The van der Waals surface area contributed by atoms with E-state index in [4.69, 9.17) is 4.74 Å². The van der Waals surface area contributed by atoms with Crippen LogP contribution >= 0.6 is 15.9 Å². The Hall–Kier alpha value is 0.310. The molecule has 0 aromatic heterocycles. The minimum absolute atomic E-state index is 0.267. The van der Waals surface area contributed by atoms with E-state index >= 15 is 0 Å². The van der Waals surface area contributed by atoms with Gasteiger partial charge in [-0.05, 0) is 18.8 Å². The third-order valence-electron chi connectivity index (χ3n) is 3.86. The van der Waals surface area contributed by atoms with Crippen molar-refractivity contribution in [3.05, 3.63) is 0 Å². The fraction of sp³-hybridized carbons (Fsp3) is 1.00. The summed E-state index contributed by atoms with van der Waals surface area (Å²) in [5.41, 5.74) is 0. The largest absolute Gasteiger partial charge is 0.375 e. The van der Waals surface area contributed by atoms with Crippen LogP contribution in [0.4, 0.5) is 0 Å². The van der Waals surface area contributed by atoms with Crippen LogP contribution in [-0.2, 0) is 14.8 Å². The Morgan fingerprint density at radius 2 is 2.11 bits per heavy atom. The Balaban J connectivity index is 1.85. The summed E-state index contributed by atoms with van der Waals surface area (Å²) in [6, 6.07) is 0. The van der Waals surface area contributed by atoms with Crippen LogP contribution in [0.3, 0.4) is 0 Å². The highest BCUT2D eigenvalue weighted by molar-refractivity contribution is 9.09. The maximum atomic E-state index is 11.6. The van der Waals surface area contributed by atoms with Gasteiger partial charge in [0.2, 0.25) is 10.0 Å². The maximum absolute atomic E-state index is 11.6. The number of hydrogen-bond donors (Lipinski definition) is 0. The Bertz CT molecular complexity index is 390. The highest BCUT2D eigenvalue weighted by Gasteiger charge is 2.28. The number of halogens is 1. The first-order chi connectivity index (χ1) is 8.99. The summed E-state index contributed by atoms with van der Waals surface area (Å²) in [6.07, 6.45) is 3.68. The van der Waals surface area contributed by atoms with Crippen LogP contribution in [0, 0.1) is 5.92 Å². The van der Waals surface area contributed by atoms with E-state index in [2.05, 4.69) is 20.8 Å². The van der Waals surface area contributed by atoms with Crippen molar-refractivity contribution in [1.29, 1.82) is 0 Å². The second-order valence-electron chi connectivity index (χ2n) is 5.54. The number of nitrogens with zero attached hydrogens (tertiary/aromatic N) is 2. The molecule has 0 radical (unpaired) electrons. The van der Waals surface area contributed by atoms with Crippen LogP contribution in [0.15, 0.2) is 0 Å². The highest BCUT2D eigenvalue weighted by atomic mass is 79.9. The molecule has 2 unspecified atom stereocenters. The van der Waals surface area contributed by atoms with E-state index in [1.54, 1.807) is 4.31 Å². The number of rotatable bonds is 4. The predicted molar refractivity (Wildman–Crippen MR) is 79.1 cm³/mol. The van der Waals surface area contributed by atoms with Crippen LogP contribution < -0.4 is 0 Å². The topological polar surface area (TPSA) is 49.9 Å². The van der Waals surface area contributed by atoms with Gasteiger partial charge in [-0.1, -0.05) is 15.9 Å². The van der Waals surface area contributed by atoms with Gasteiger partial charge in [0.05, 0.1) is 19.0 Å². The lowest BCUT2D eigenvalue weighted by Crippen LogP contribution is -2.48. The molecule has 2 fully saturated rings. The van der Waals surface area contributed by atoms with Gasteiger partial charge >= 0.3 is 0 Å². The van der Waals surface area contributed by atoms with Crippen molar-refractivity contribution in [3.63, 3.8) is 0 Å². The molecule has 0 N–H and O–H groups in total. The van der Waals surface area contributed by atoms with Gasteiger partial charge in [-0.25, -0.2) is 12.7 Å². The third kappa shape index (κ3) is 4.67. The van der Waals surface area contributed by atoms with Crippen molar-refractivity contribution in [2.45, 2.75) is 18.9 Å². The lowest BCUT2D eigenvalue weighted by Gasteiger charge is -2.37. The first-order valence-corrected chi connectivity index (χ1v) is 9.81. The molecule has 19 heavy (non-hydrogen) atoms. The average Bonchev–Trinajstić information content (AvgIpc) is 2.38. The zero-order chi connectivity index (χ0) is 13.9. The summed E-state index contributed by atoms with van der Waals surface area (Å²) in [7, 11) is -3.03. The Labute approximate surface area is 124 Å². The van der Waals surface area contributed by atoms with Crippen LogP contribution in [0.25, 0.3) is 0 Å². The molecule has 2 aliphatic heterocycles. The van der Waals surface area contributed by atoms with E-state index in [-0.39, 0.29) is 6.10 Å². The fourth-order valence-electron chi connectivity index (χ4n) is 2.88.